The molecular weight excluding hydrogens is 500 g/mol. The summed E-state index contributed by atoms with van der Waals surface area (Å²) < 4.78 is 56.0. The van der Waals surface area contributed by atoms with E-state index in [-0.39, 0.29) is 53.4 Å². The van der Waals surface area contributed by atoms with Crippen LogP contribution in [0.3, 0.4) is 0 Å². The first-order valence-electron chi connectivity index (χ1n) is 12.5. The Kier molecular flexibility index (Phi) is 9.94. The molecule has 2 aromatic carbocycles. The van der Waals surface area contributed by atoms with Crippen LogP contribution in [-0.4, -0.2) is 67.9 Å². The number of benzene rings is 2. The molecular formula is C26H38N2O6S2. The average Bonchev–Trinajstić information content (AvgIpc) is 3.35. The molecule has 1 fully saturated rings. The Morgan fingerprint density at radius 3 is 1.97 bits per heavy atom. The maximum Gasteiger partial charge on any atom is 0.243 e. The van der Waals surface area contributed by atoms with Crippen molar-refractivity contribution >= 4 is 20.0 Å². The van der Waals surface area contributed by atoms with Gasteiger partial charge in [0.2, 0.25) is 20.0 Å². The Labute approximate surface area is 215 Å². The molecule has 200 valence electrons. The summed E-state index contributed by atoms with van der Waals surface area (Å²) >= 11 is 0. The topological polar surface area (TPSA) is 115 Å². The van der Waals surface area contributed by atoms with Gasteiger partial charge in [-0.15, -0.1) is 0 Å². The number of rotatable bonds is 13. The fourth-order valence-electron chi connectivity index (χ4n) is 4.60. The van der Waals surface area contributed by atoms with Gasteiger partial charge >= 0.3 is 0 Å². The number of aromatic hydroxyl groups is 1. The van der Waals surface area contributed by atoms with Gasteiger partial charge < -0.3 is 10.2 Å². The fourth-order valence-corrected chi connectivity index (χ4v) is 7.79. The quantitative estimate of drug-likeness (QED) is 0.402. The van der Waals surface area contributed by atoms with Gasteiger partial charge in [-0.25, -0.2) is 16.8 Å². The van der Waals surface area contributed by atoms with E-state index in [1.807, 2.05) is 13.8 Å². The van der Waals surface area contributed by atoms with Gasteiger partial charge in [-0.2, -0.15) is 8.61 Å². The first kappa shape index (κ1) is 28.6. The number of aliphatic hydroxyl groups excluding tert-OH is 1. The molecule has 3 rings (SSSR count). The van der Waals surface area contributed by atoms with Crippen molar-refractivity contribution in [1.82, 2.24) is 8.61 Å². The van der Waals surface area contributed by atoms with Gasteiger partial charge in [0, 0.05) is 26.2 Å². The smallest absolute Gasteiger partial charge is 0.243 e. The second-order valence-corrected chi connectivity index (χ2v) is 13.9. The van der Waals surface area contributed by atoms with Gasteiger partial charge in [-0.05, 0) is 67.5 Å². The minimum atomic E-state index is -3.84. The molecule has 1 saturated carbocycles. The summed E-state index contributed by atoms with van der Waals surface area (Å²) in [6, 6.07) is 13.6. The van der Waals surface area contributed by atoms with Crippen molar-refractivity contribution in [2.45, 2.75) is 61.8 Å². The third kappa shape index (κ3) is 7.52. The molecule has 36 heavy (non-hydrogen) atoms. The van der Waals surface area contributed by atoms with E-state index in [1.54, 1.807) is 18.2 Å². The van der Waals surface area contributed by atoms with Gasteiger partial charge in [0.05, 0.1) is 15.9 Å². The van der Waals surface area contributed by atoms with Crippen LogP contribution in [0.1, 0.15) is 46.0 Å². The van der Waals surface area contributed by atoms with Crippen molar-refractivity contribution in [3.05, 3.63) is 54.6 Å². The van der Waals surface area contributed by atoms with Crippen LogP contribution in [0.4, 0.5) is 0 Å². The van der Waals surface area contributed by atoms with Crippen LogP contribution in [0, 0.1) is 11.8 Å². The minimum Gasteiger partial charge on any atom is -0.508 e. The molecule has 0 saturated heterocycles. The summed E-state index contributed by atoms with van der Waals surface area (Å²) in [6.45, 7) is 4.37. The molecule has 8 nitrogen and oxygen atoms in total. The molecule has 2 aromatic rings. The molecule has 0 amide bonds. The van der Waals surface area contributed by atoms with E-state index in [4.69, 9.17) is 0 Å². The van der Waals surface area contributed by atoms with Crippen LogP contribution in [0.5, 0.6) is 5.75 Å². The summed E-state index contributed by atoms with van der Waals surface area (Å²) in [6.07, 6.45) is 3.12. The molecule has 0 aliphatic heterocycles. The Bertz CT molecular complexity index is 1160. The lowest BCUT2D eigenvalue weighted by molar-refractivity contribution is 0.125. The lowest BCUT2D eigenvalue weighted by atomic mass is 10.1. The largest absolute Gasteiger partial charge is 0.508 e. The summed E-state index contributed by atoms with van der Waals surface area (Å²) in [5.41, 5.74) is 0. The Morgan fingerprint density at radius 1 is 0.833 bits per heavy atom. The van der Waals surface area contributed by atoms with Crippen LogP contribution in [-0.2, 0) is 20.0 Å². The number of sulfonamides is 2. The molecule has 0 aromatic heterocycles. The Balaban J connectivity index is 1.75. The molecule has 1 atom stereocenters. The number of phenolic OH excluding ortho intramolecular Hbond substituents is 1. The van der Waals surface area contributed by atoms with Crippen LogP contribution >= 0.6 is 0 Å². The predicted molar refractivity (Wildman–Crippen MR) is 139 cm³/mol. The molecule has 0 spiro atoms. The monoisotopic (exact) mass is 538 g/mol. The third-order valence-electron chi connectivity index (χ3n) is 6.49. The number of phenols is 1. The lowest BCUT2D eigenvalue weighted by Gasteiger charge is -2.29. The predicted octanol–water partition coefficient (Wildman–Crippen LogP) is 3.67. The van der Waals surface area contributed by atoms with Gasteiger partial charge in [0.1, 0.15) is 5.75 Å². The second-order valence-electron chi connectivity index (χ2n) is 9.98. The standard InChI is InChI=1S/C26H38N2O6S2/c1-21(2)18-28(36(33,34)25-10-4-3-5-11-25)20-24(30)16-17-27(19-22-8-6-7-9-22)35(31,32)26-14-12-23(29)13-15-26/h3-5,10-15,21-22,24,29-30H,6-9,16-20H2,1-2H3. The summed E-state index contributed by atoms with van der Waals surface area (Å²) in [4.78, 5) is 0.247. The van der Waals surface area contributed by atoms with Crippen molar-refractivity contribution in [2.24, 2.45) is 11.8 Å². The molecule has 10 heteroatoms. The van der Waals surface area contributed by atoms with E-state index in [9.17, 15) is 27.0 Å². The number of hydrogen-bond donors (Lipinski definition) is 2. The normalized spacial score (nSPS) is 16.3. The highest BCUT2D eigenvalue weighted by molar-refractivity contribution is 7.89. The molecule has 1 aliphatic rings. The second kappa shape index (κ2) is 12.5. The van der Waals surface area contributed by atoms with Gasteiger partial charge in [-0.3, -0.25) is 0 Å². The average molecular weight is 539 g/mol. The zero-order valence-electron chi connectivity index (χ0n) is 21.0. The number of nitrogens with zero attached hydrogens (tertiary/aromatic N) is 2. The third-order valence-corrected chi connectivity index (χ3v) is 10.2. The number of hydrogen-bond acceptors (Lipinski definition) is 6. The molecule has 0 bridgehead atoms. The van der Waals surface area contributed by atoms with Crippen LogP contribution in [0.25, 0.3) is 0 Å². The van der Waals surface area contributed by atoms with Crippen molar-refractivity contribution < 1.29 is 27.0 Å². The molecule has 2 N–H and O–H groups in total. The zero-order chi connectivity index (χ0) is 26.3. The van der Waals surface area contributed by atoms with Crippen molar-refractivity contribution in [1.29, 1.82) is 0 Å². The summed E-state index contributed by atoms with van der Waals surface area (Å²) in [5, 5.41) is 20.4. The maximum atomic E-state index is 13.4. The SMILES string of the molecule is CC(C)CN(CC(O)CCN(CC1CCCC1)S(=O)(=O)c1ccc(O)cc1)S(=O)(=O)c1ccccc1. The van der Waals surface area contributed by atoms with Crippen molar-refractivity contribution in [2.75, 3.05) is 26.2 Å². The Morgan fingerprint density at radius 2 is 1.39 bits per heavy atom. The van der Waals surface area contributed by atoms with Gasteiger partial charge in [0.25, 0.3) is 0 Å². The summed E-state index contributed by atoms with van der Waals surface area (Å²) in [7, 11) is -7.65. The van der Waals surface area contributed by atoms with Gasteiger partial charge in [-0.1, -0.05) is 44.9 Å². The fraction of sp³-hybridized carbons (Fsp3) is 0.538. The first-order valence-corrected chi connectivity index (χ1v) is 15.4. The molecule has 1 unspecified atom stereocenters. The minimum absolute atomic E-state index is 0.0171. The van der Waals surface area contributed by atoms with Crippen LogP contribution in [0.15, 0.2) is 64.4 Å². The van der Waals surface area contributed by atoms with E-state index in [1.165, 1.54) is 45.0 Å². The highest BCUT2D eigenvalue weighted by Gasteiger charge is 2.31. The Hall–Kier alpha value is -1.98. The van der Waals surface area contributed by atoms with E-state index in [0.717, 1.165) is 25.7 Å². The van der Waals surface area contributed by atoms with Crippen LogP contribution < -0.4 is 0 Å². The van der Waals surface area contributed by atoms with Crippen LogP contribution in [0.2, 0.25) is 0 Å². The molecule has 1 aliphatic carbocycles. The highest BCUT2D eigenvalue weighted by Crippen LogP contribution is 2.28. The van der Waals surface area contributed by atoms with E-state index in [2.05, 4.69) is 0 Å². The first-order chi connectivity index (χ1) is 17.0. The lowest BCUT2D eigenvalue weighted by Crippen LogP contribution is -2.42. The van der Waals surface area contributed by atoms with E-state index in [0.29, 0.717) is 6.54 Å². The van der Waals surface area contributed by atoms with Crippen molar-refractivity contribution in [3.63, 3.8) is 0 Å². The zero-order valence-corrected chi connectivity index (χ0v) is 22.7. The highest BCUT2D eigenvalue weighted by atomic mass is 32.2. The van der Waals surface area contributed by atoms with Crippen molar-refractivity contribution in [3.8, 4) is 5.75 Å². The van der Waals surface area contributed by atoms with Gasteiger partial charge in [0.15, 0.2) is 0 Å². The van der Waals surface area contributed by atoms with E-state index < -0.39 is 26.2 Å². The molecule has 0 heterocycles. The maximum absolute atomic E-state index is 13.4. The number of aliphatic hydroxyl groups is 1. The summed E-state index contributed by atoms with van der Waals surface area (Å²) in [5.74, 6) is 0.283. The molecule has 0 radical (unpaired) electrons. The van der Waals surface area contributed by atoms with E-state index >= 15 is 0 Å².